The Morgan fingerprint density at radius 2 is 2.17 bits per heavy atom. The van der Waals surface area contributed by atoms with Crippen molar-refractivity contribution >= 4 is 0 Å². The minimum absolute atomic E-state index is 0.159. The molecule has 0 radical (unpaired) electrons. The van der Waals surface area contributed by atoms with E-state index in [-0.39, 0.29) is 11.1 Å². The van der Waals surface area contributed by atoms with Crippen molar-refractivity contribution in [3.63, 3.8) is 0 Å². The van der Waals surface area contributed by atoms with E-state index in [9.17, 15) is 4.79 Å². The molecular formula is C14H17N3O. The van der Waals surface area contributed by atoms with Gasteiger partial charge in [-0.25, -0.2) is 4.79 Å². The van der Waals surface area contributed by atoms with Crippen LogP contribution in [-0.4, -0.2) is 16.5 Å². The van der Waals surface area contributed by atoms with E-state index in [0.717, 1.165) is 24.1 Å². The Kier molecular flexibility index (Phi) is 2.59. The van der Waals surface area contributed by atoms with Crippen LogP contribution >= 0.6 is 0 Å². The molecule has 0 spiro atoms. The number of imidazole rings is 1. The van der Waals surface area contributed by atoms with E-state index in [4.69, 9.17) is 5.73 Å². The van der Waals surface area contributed by atoms with Crippen LogP contribution in [0, 0.1) is 0 Å². The van der Waals surface area contributed by atoms with Gasteiger partial charge in [-0.3, -0.25) is 0 Å². The Bertz CT molecular complexity index is 602. The summed E-state index contributed by atoms with van der Waals surface area (Å²) in [6.45, 7) is 0.695. The van der Waals surface area contributed by atoms with E-state index in [1.165, 1.54) is 12.0 Å². The molecule has 0 aliphatic heterocycles. The van der Waals surface area contributed by atoms with Crippen molar-refractivity contribution in [2.75, 3.05) is 6.54 Å². The zero-order chi connectivity index (χ0) is 12.6. The number of nitrogens with two attached hydrogens (primary N) is 1. The van der Waals surface area contributed by atoms with Gasteiger partial charge >= 0.3 is 5.69 Å². The van der Waals surface area contributed by atoms with Crippen molar-refractivity contribution in [2.24, 2.45) is 5.73 Å². The topological polar surface area (TPSA) is 74.7 Å². The van der Waals surface area contributed by atoms with Gasteiger partial charge in [-0.05, 0) is 30.0 Å². The molecule has 0 atom stereocenters. The maximum absolute atomic E-state index is 11.1. The quantitative estimate of drug-likeness (QED) is 0.768. The van der Waals surface area contributed by atoms with Gasteiger partial charge in [0.05, 0.1) is 5.69 Å². The Morgan fingerprint density at radius 1 is 1.33 bits per heavy atom. The summed E-state index contributed by atoms with van der Waals surface area (Å²) in [4.78, 5) is 16.6. The SMILES string of the molecule is NCC1(c2cccc(-c3c[nH]c(=O)[nH]3)c2)CCC1. The second-order valence-corrected chi connectivity index (χ2v) is 5.08. The van der Waals surface area contributed by atoms with E-state index in [2.05, 4.69) is 22.1 Å². The highest BCUT2D eigenvalue weighted by Crippen LogP contribution is 2.43. The van der Waals surface area contributed by atoms with E-state index in [1.807, 2.05) is 12.1 Å². The third-order valence-electron chi connectivity index (χ3n) is 4.08. The molecule has 2 aromatic rings. The molecule has 4 N–H and O–H groups in total. The van der Waals surface area contributed by atoms with Crippen molar-refractivity contribution in [2.45, 2.75) is 24.7 Å². The lowest BCUT2D eigenvalue weighted by Crippen LogP contribution is -2.41. The fourth-order valence-corrected chi connectivity index (χ4v) is 2.72. The molecule has 0 amide bonds. The Morgan fingerprint density at radius 3 is 2.72 bits per heavy atom. The number of aromatic nitrogens is 2. The van der Waals surface area contributed by atoms with E-state index in [1.54, 1.807) is 6.20 Å². The predicted molar refractivity (Wildman–Crippen MR) is 71.4 cm³/mol. The van der Waals surface area contributed by atoms with Gasteiger partial charge in [0.2, 0.25) is 0 Å². The van der Waals surface area contributed by atoms with Gasteiger partial charge in [-0.2, -0.15) is 0 Å². The summed E-state index contributed by atoms with van der Waals surface area (Å²) in [5.41, 5.74) is 9.06. The summed E-state index contributed by atoms with van der Waals surface area (Å²) in [6.07, 6.45) is 5.28. The average molecular weight is 243 g/mol. The molecule has 0 saturated heterocycles. The smallest absolute Gasteiger partial charge is 0.323 e. The molecule has 1 aromatic heterocycles. The monoisotopic (exact) mass is 243 g/mol. The molecule has 0 unspecified atom stereocenters. The lowest BCUT2D eigenvalue weighted by atomic mass is 9.64. The van der Waals surface area contributed by atoms with E-state index >= 15 is 0 Å². The number of rotatable bonds is 3. The first-order valence-electron chi connectivity index (χ1n) is 6.32. The summed E-state index contributed by atoms with van der Waals surface area (Å²) in [6, 6.07) is 8.32. The van der Waals surface area contributed by atoms with Crippen molar-refractivity contribution in [1.29, 1.82) is 0 Å². The third kappa shape index (κ3) is 1.69. The van der Waals surface area contributed by atoms with E-state index < -0.39 is 0 Å². The van der Waals surface area contributed by atoms with Gasteiger partial charge in [0.15, 0.2) is 0 Å². The second kappa shape index (κ2) is 4.14. The zero-order valence-electron chi connectivity index (χ0n) is 10.2. The molecule has 3 rings (SSSR count). The van der Waals surface area contributed by atoms with Gasteiger partial charge in [0, 0.05) is 18.2 Å². The number of nitrogens with one attached hydrogen (secondary N) is 2. The molecular weight excluding hydrogens is 226 g/mol. The van der Waals surface area contributed by atoms with E-state index in [0.29, 0.717) is 6.54 Å². The number of H-pyrrole nitrogens is 2. The maximum atomic E-state index is 11.1. The van der Waals surface area contributed by atoms with Crippen LogP contribution < -0.4 is 11.4 Å². The van der Waals surface area contributed by atoms with Crippen molar-refractivity contribution in [3.05, 3.63) is 46.5 Å². The molecule has 4 nitrogen and oxygen atoms in total. The van der Waals surface area contributed by atoms with Crippen LogP contribution in [0.5, 0.6) is 0 Å². The normalized spacial score (nSPS) is 17.4. The van der Waals surface area contributed by atoms with Crippen LogP contribution in [0.4, 0.5) is 0 Å². The van der Waals surface area contributed by atoms with Crippen molar-refractivity contribution in [3.8, 4) is 11.3 Å². The van der Waals surface area contributed by atoms with Gasteiger partial charge in [-0.1, -0.05) is 24.6 Å². The fraction of sp³-hybridized carbons (Fsp3) is 0.357. The number of hydrogen-bond donors (Lipinski definition) is 3. The highest BCUT2D eigenvalue weighted by Gasteiger charge is 2.37. The summed E-state index contributed by atoms with van der Waals surface area (Å²) in [5.74, 6) is 0. The first-order valence-corrected chi connectivity index (χ1v) is 6.32. The summed E-state index contributed by atoms with van der Waals surface area (Å²) in [7, 11) is 0. The summed E-state index contributed by atoms with van der Waals surface area (Å²) < 4.78 is 0. The van der Waals surface area contributed by atoms with Gasteiger partial charge in [0.1, 0.15) is 0 Å². The molecule has 0 bridgehead atoms. The molecule has 1 saturated carbocycles. The first-order chi connectivity index (χ1) is 8.73. The van der Waals surface area contributed by atoms with Crippen molar-refractivity contribution in [1.82, 2.24) is 9.97 Å². The Labute approximate surface area is 105 Å². The fourth-order valence-electron chi connectivity index (χ4n) is 2.72. The first kappa shape index (κ1) is 11.3. The molecule has 18 heavy (non-hydrogen) atoms. The van der Waals surface area contributed by atoms with Crippen LogP contribution in [-0.2, 0) is 5.41 Å². The van der Waals surface area contributed by atoms with Crippen LogP contribution in [0.1, 0.15) is 24.8 Å². The largest absolute Gasteiger partial charge is 0.330 e. The predicted octanol–water partition coefficient (Wildman–Crippen LogP) is 1.75. The molecule has 1 fully saturated rings. The lowest BCUT2D eigenvalue weighted by Gasteiger charge is -2.41. The van der Waals surface area contributed by atoms with Gasteiger partial charge in [-0.15, -0.1) is 0 Å². The summed E-state index contributed by atoms with van der Waals surface area (Å²) >= 11 is 0. The van der Waals surface area contributed by atoms with Crippen LogP contribution in [0.25, 0.3) is 11.3 Å². The number of aromatic amines is 2. The van der Waals surface area contributed by atoms with Crippen molar-refractivity contribution < 1.29 is 0 Å². The highest BCUT2D eigenvalue weighted by molar-refractivity contribution is 5.59. The maximum Gasteiger partial charge on any atom is 0.323 e. The van der Waals surface area contributed by atoms with Crippen LogP contribution in [0.3, 0.4) is 0 Å². The third-order valence-corrected chi connectivity index (χ3v) is 4.08. The molecule has 94 valence electrons. The molecule has 1 aliphatic carbocycles. The minimum atomic E-state index is -0.174. The molecule has 4 heteroatoms. The zero-order valence-corrected chi connectivity index (χ0v) is 10.2. The molecule has 1 aromatic carbocycles. The Balaban J connectivity index is 2.01. The minimum Gasteiger partial charge on any atom is -0.330 e. The number of hydrogen-bond acceptors (Lipinski definition) is 2. The summed E-state index contributed by atoms with van der Waals surface area (Å²) in [5, 5.41) is 0. The lowest BCUT2D eigenvalue weighted by molar-refractivity contribution is 0.253. The highest BCUT2D eigenvalue weighted by atomic mass is 16.1. The molecule has 1 aliphatic rings. The number of benzene rings is 1. The average Bonchev–Trinajstić information content (AvgIpc) is 2.76. The van der Waals surface area contributed by atoms with Gasteiger partial charge in [0.25, 0.3) is 0 Å². The standard InChI is InChI=1S/C14H17N3O/c15-9-14(5-2-6-14)11-4-1-3-10(7-11)12-8-16-13(18)17-12/h1,3-4,7-8H,2,5-6,9,15H2,(H2,16,17,18). The van der Waals surface area contributed by atoms with Crippen LogP contribution in [0.15, 0.2) is 35.3 Å². The van der Waals surface area contributed by atoms with Gasteiger partial charge < -0.3 is 15.7 Å². The molecule has 1 heterocycles. The second-order valence-electron chi connectivity index (χ2n) is 5.08. The van der Waals surface area contributed by atoms with Crippen LogP contribution in [0.2, 0.25) is 0 Å². The Hall–Kier alpha value is -1.81.